The van der Waals surface area contributed by atoms with E-state index in [0.29, 0.717) is 16.4 Å². The van der Waals surface area contributed by atoms with Crippen LogP contribution in [0, 0.1) is 11.3 Å². The van der Waals surface area contributed by atoms with Gasteiger partial charge in [0.2, 0.25) is 5.91 Å². The van der Waals surface area contributed by atoms with Gasteiger partial charge in [-0.25, -0.2) is 4.98 Å². The van der Waals surface area contributed by atoms with E-state index in [9.17, 15) is 14.9 Å². The molecule has 1 N–H and O–H groups in total. The van der Waals surface area contributed by atoms with Crippen LogP contribution in [0.15, 0.2) is 34.2 Å². The standard InChI is InChI=1S/C25H26N4O2S2/c1-15(22(30)27-19-12-6-2-8-16(19)14-26)32-25-28-23-21(18-11-5-7-13-20(18)33-23)24(31)29(25)17-9-3-4-10-17/h2,6,8,12,15,17H,3-5,7,9-11,13H2,1H3,(H,27,30). The Kier molecular flexibility index (Phi) is 6.26. The molecule has 2 aliphatic rings. The van der Waals surface area contributed by atoms with Gasteiger partial charge in [0.15, 0.2) is 5.16 Å². The lowest BCUT2D eigenvalue weighted by Gasteiger charge is -2.20. The summed E-state index contributed by atoms with van der Waals surface area (Å²) in [5, 5.41) is 13.2. The number of nitrogens with zero attached hydrogens (tertiary/aromatic N) is 3. The first kappa shape index (κ1) is 22.2. The molecule has 0 spiro atoms. The Bertz CT molecular complexity index is 1310. The Morgan fingerprint density at radius 3 is 2.79 bits per heavy atom. The Morgan fingerprint density at radius 1 is 1.24 bits per heavy atom. The topological polar surface area (TPSA) is 87.8 Å². The second-order valence-corrected chi connectivity index (χ2v) is 11.2. The highest BCUT2D eigenvalue weighted by Gasteiger charge is 2.28. The summed E-state index contributed by atoms with van der Waals surface area (Å²) in [6.07, 6.45) is 8.45. The van der Waals surface area contributed by atoms with E-state index < -0.39 is 5.25 Å². The number of hydrogen-bond donors (Lipinski definition) is 1. The molecule has 0 aliphatic heterocycles. The Morgan fingerprint density at radius 2 is 2.00 bits per heavy atom. The van der Waals surface area contributed by atoms with Crippen LogP contribution in [0.25, 0.3) is 10.2 Å². The number of aromatic nitrogens is 2. The van der Waals surface area contributed by atoms with Crippen LogP contribution < -0.4 is 10.9 Å². The Hall–Kier alpha value is -2.63. The molecule has 33 heavy (non-hydrogen) atoms. The minimum Gasteiger partial charge on any atom is -0.324 e. The molecule has 0 bridgehead atoms. The van der Waals surface area contributed by atoms with Crippen molar-refractivity contribution in [3.63, 3.8) is 0 Å². The van der Waals surface area contributed by atoms with Crippen LogP contribution in [0.1, 0.15) is 67.5 Å². The van der Waals surface area contributed by atoms with Crippen molar-refractivity contribution in [2.45, 2.75) is 74.7 Å². The third kappa shape index (κ3) is 4.20. The number of thiophene rings is 1. The van der Waals surface area contributed by atoms with Crippen molar-refractivity contribution in [1.82, 2.24) is 9.55 Å². The molecule has 2 aromatic heterocycles. The van der Waals surface area contributed by atoms with Gasteiger partial charge in [-0.1, -0.05) is 36.7 Å². The van der Waals surface area contributed by atoms with E-state index >= 15 is 0 Å². The second kappa shape index (κ2) is 9.32. The van der Waals surface area contributed by atoms with Gasteiger partial charge in [-0.2, -0.15) is 5.26 Å². The smallest absolute Gasteiger partial charge is 0.263 e. The van der Waals surface area contributed by atoms with Gasteiger partial charge < -0.3 is 5.32 Å². The number of anilines is 1. The van der Waals surface area contributed by atoms with Gasteiger partial charge in [0.1, 0.15) is 10.9 Å². The van der Waals surface area contributed by atoms with Gasteiger partial charge in [0.05, 0.1) is 21.9 Å². The lowest BCUT2D eigenvalue weighted by Crippen LogP contribution is -2.29. The predicted octanol–water partition coefficient (Wildman–Crippen LogP) is 5.44. The molecule has 1 atom stereocenters. The zero-order valence-corrected chi connectivity index (χ0v) is 20.2. The van der Waals surface area contributed by atoms with Crippen LogP contribution in [0.2, 0.25) is 0 Å². The van der Waals surface area contributed by atoms with Crippen molar-refractivity contribution in [3.8, 4) is 6.07 Å². The molecular formula is C25H26N4O2S2. The molecule has 1 saturated carbocycles. The number of carbonyl (C=O) groups is 1. The molecule has 0 radical (unpaired) electrons. The fourth-order valence-electron chi connectivity index (χ4n) is 4.90. The van der Waals surface area contributed by atoms with Crippen molar-refractivity contribution in [2.24, 2.45) is 0 Å². The van der Waals surface area contributed by atoms with Gasteiger partial charge in [-0.05, 0) is 63.1 Å². The fraction of sp³-hybridized carbons (Fsp3) is 0.440. The maximum absolute atomic E-state index is 13.8. The minimum absolute atomic E-state index is 0.0660. The zero-order chi connectivity index (χ0) is 22.9. The lowest BCUT2D eigenvalue weighted by atomic mass is 9.97. The molecule has 3 aromatic rings. The van der Waals surface area contributed by atoms with E-state index in [1.54, 1.807) is 35.6 Å². The SMILES string of the molecule is CC(Sc1nc2sc3c(c2c(=O)n1C1CCCC1)CCCC3)C(=O)Nc1ccccc1C#N. The zero-order valence-electron chi connectivity index (χ0n) is 18.6. The number of nitrogens with one attached hydrogen (secondary N) is 1. The summed E-state index contributed by atoms with van der Waals surface area (Å²) in [5.41, 5.74) is 2.20. The van der Waals surface area contributed by atoms with Crippen LogP contribution in [-0.2, 0) is 17.6 Å². The maximum atomic E-state index is 13.8. The van der Waals surface area contributed by atoms with Crippen LogP contribution in [0.4, 0.5) is 5.69 Å². The van der Waals surface area contributed by atoms with Crippen molar-refractivity contribution < 1.29 is 4.79 Å². The summed E-state index contributed by atoms with van der Waals surface area (Å²) in [6.45, 7) is 1.82. The number of carbonyl (C=O) groups excluding carboxylic acids is 1. The van der Waals surface area contributed by atoms with Crippen molar-refractivity contribution in [3.05, 3.63) is 50.6 Å². The number of rotatable bonds is 5. The van der Waals surface area contributed by atoms with Crippen molar-refractivity contribution >= 4 is 44.9 Å². The fourth-order valence-corrected chi connectivity index (χ4v) is 7.18. The molecule has 8 heteroatoms. The minimum atomic E-state index is -0.469. The summed E-state index contributed by atoms with van der Waals surface area (Å²) in [4.78, 5) is 33.8. The number of nitriles is 1. The number of benzene rings is 1. The molecular weight excluding hydrogens is 452 g/mol. The molecule has 5 rings (SSSR count). The van der Waals surface area contributed by atoms with Gasteiger partial charge in [0.25, 0.3) is 5.56 Å². The van der Waals surface area contributed by atoms with E-state index in [1.807, 2.05) is 11.5 Å². The third-order valence-electron chi connectivity index (χ3n) is 6.64. The summed E-state index contributed by atoms with van der Waals surface area (Å²) in [5.74, 6) is -0.208. The summed E-state index contributed by atoms with van der Waals surface area (Å²) in [7, 11) is 0. The average Bonchev–Trinajstić information content (AvgIpc) is 3.47. The molecule has 170 valence electrons. The molecule has 1 amide bonds. The summed E-state index contributed by atoms with van der Waals surface area (Å²) < 4.78 is 1.88. The van der Waals surface area contributed by atoms with Gasteiger partial charge in [0, 0.05) is 10.9 Å². The molecule has 1 unspecified atom stereocenters. The Labute approximate surface area is 201 Å². The monoisotopic (exact) mass is 478 g/mol. The third-order valence-corrected chi connectivity index (χ3v) is 8.89. The van der Waals surface area contributed by atoms with Crippen molar-refractivity contribution in [2.75, 3.05) is 5.32 Å². The van der Waals surface area contributed by atoms with E-state index in [1.165, 1.54) is 28.6 Å². The lowest BCUT2D eigenvalue weighted by molar-refractivity contribution is -0.115. The van der Waals surface area contributed by atoms with Gasteiger partial charge in [-0.3, -0.25) is 14.2 Å². The number of amides is 1. The molecule has 1 fully saturated rings. The number of hydrogen-bond acceptors (Lipinski definition) is 6. The predicted molar refractivity (Wildman–Crippen MR) is 133 cm³/mol. The van der Waals surface area contributed by atoms with Crippen LogP contribution in [0.3, 0.4) is 0 Å². The molecule has 2 aliphatic carbocycles. The average molecular weight is 479 g/mol. The summed E-state index contributed by atoms with van der Waals surface area (Å²) in [6, 6.07) is 9.22. The molecule has 6 nitrogen and oxygen atoms in total. The van der Waals surface area contributed by atoms with Gasteiger partial charge in [-0.15, -0.1) is 11.3 Å². The van der Waals surface area contributed by atoms with E-state index in [0.717, 1.165) is 55.2 Å². The van der Waals surface area contributed by atoms with E-state index in [4.69, 9.17) is 4.98 Å². The van der Waals surface area contributed by atoms with Crippen LogP contribution in [0.5, 0.6) is 0 Å². The Balaban J connectivity index is 1.50. The highest BCUT2D eigenvalue weighted by molar-refractivity contribution is 8.00. The first-order chi connectivity index (χ1) is 16.1. The van der Waals surface area contributed by atoms with Gasteiger partial charge >= 0.3 is 0 Å². The molecule has 0 saturated heterocycles. The van der Waals surface area contributed by atoms with E-state index in [2.05, 4.69) is 11.4 Å². The first-order valence-corrected chi connectivity index (χ1v) is 13.3. The number of fused-ring (bicyclic) bond motifs is 3. The first-order valence-electron chi connectivity index (χ1n) is 11.6. The highest BCUT2D eigenvalue weighted by Crippen LogP contribution is 2.38. The normalized spacial score (nSPS) is 17.0. The number of aryl methyl sites for hydroxylation is 2. The largest absolute Gasteiger partial charge is 0.324 e. The van der Waals surface area contributed by atoms with Crippen molar-refractivity contribution in [1.29, 1.82) is 5.26 Å². The maximum Gasteiger partial charge on any atom is 0.263 e. The van der Waals surface area contributed by atoms with E-state index in [-0.39, 0.29) is 17.5 Å². The molecule has 2 heterocycles. The van der Waals surface area contributed by atoms with Crippen LogP contribution >= 0.6 is 23.1 Å². The summed E-state index contributed by atoms with van der Waals surface area (Å²) >= 11 is 2.98. The van der Waals surface area contributed by atoms with Crippen LogP contribution in [-0.4, -0.2) is 20.7 Å². The quantitative estimate of drug-likeness (QED) is 0.389. The second-order valence-electron chi connectivity index (χ2n) is 8.81. The number of para-hydroxylation sites is 1. The highest BCUT2D eigenvalue weighted by atomic mass is 32.2. The number of thioether (sulfide) groups is 1. The molecule has 1 aromatic carbocycles.